The summed E-state index contributed by atoms with van der Waals surface area (Å²) < 4.78 is 0. The van der Waals surface area contributed by atoms with E-state index in [4.69, 9.17) is 11.6 Å². The van der Waals surface area contributed by atoms with Gasteiger partial charge >= 0.3 is 0 Å². The molecule has 0 spiro atoms. The van der Waals surface area contributed by atoms with Crippen molar-refractivity contribution < 1.29 is 9.59 Å². The Kier molecular flexibility index (Phi) is 5.20. The summed E-state index contributed by atoms with van der Waals surface area (Å²) in [6.45, 7) is 6.11. The van der Waals surface area contributed by atoms with E-state index < -0.39 is 0 Å². The zero-order valence-electron chi connectivity index (χ0n) is 12.2. The van der Waals surface area contributed by atoms with Gasteiger partial charge in [-0.25, -0.2) is 0 Å². The largest absolute Gasteiger partial charge is 0.352 e. The molecule has 0 bridgehead atoms. The smallest absolute Gasteiger partial charge is 0.252 e. The van der Waals surface area contributed by atoms with Crippen LogP contribution in [0.3, 0.4) is 0 Å². The van der Waals surface area contributed by atoms with E-state index in [0.717, 1.165) is 13.1 Å². The Morgan fingerprint density at radius 3 is 2.67 bits per heavy atom. The molecule has 1 saturated heterocycles. The van der Waals surface area contributed by atoms with E-state index in [1.54, 1.807) is 18.2 Å². The Bertz CT molecular complexity index is 542. The Hall–Kier alpha value is -1.59. The fourth-order valence-corrected chi connectivity index (χ4v) is 2.09. The van der Waals surface area contributed by atoms with Crippen molar-refractivity contribution in [2.24, 2.45) is 11.8 Å². The van der Waals surface area contributed by atoms with Crippen LogP contribution in [0.5, 0.6) is 0 Å². The molecule has 0 aliphatic carbocycles. The maximum Gasteiger partial charge on any atom is 0.252 e. The lowest BCUT2D eigenvalue weighted by atomic mass is 10.0. The van der Waals surface area contributed by atoms with Gasteiger partial charge in [-0.05, 0) is 18.2 Å². The Balaban J connectivity index is 2.03. The third-order valence-electron chi connectivity index (χ3n) is 3.42. The molecule has 1 heterocycles. The minimum atomic E-state index is -0.215. The molecule has 2 rings (SSSR count). The molecule has 0 atom stereocenters. The van der Waals surface area contributed by atoms with Gasteiger partial charge in [0.2, 0.25) is 5.91 Å². The Labute approximate surface area is 129 Å². The van der Waals surface area contributed by atoms with E-state index in [-0.39, 0.29) is 17.7 Å². The van der Waals surface area contributed by atoms with Gasteiger partial charge in [0.1, 0.15) is 0 Å². The first kappa shape index (κ1) is 15.8. The molecular weight excluding hydrogens is 290 g/mol. The zero-order chi connectivity index (χ0) is 15.4. The monoisotopic (exact) mass is 309 g/mol. The fraction of sp³-hybridized carbons (Fsp3) is 0.467. The standard InChI is InChI=1S/C15H20ClN3O2/c1-9(2)14(20)19-11-3-4-13(16)12(5-11)15(21)18-8-10-6-17-7-10/h3-5,9-10,17H,6-8H2,1-2H3,(H,18,21)(H,19,20). The van der Waals surface area contributed by atoms with Crippen molar-refractivity contribution in [3.05, 3.63) is 28.8 Å². The molecule has 0 unspecified atom stereocenters. The van der Waals surface area contributed by atoms with Crippen LogP contribution in [-0.2, 0) is 4.79 Å². The molecule has 6 heteroatoms. The second-order valence-corrected chi connectivity index (χ2v) is 5.98. The second kappa shape index (κ2) is 6.91. The van der Waals surface area contributed by atoms with Crippen LogP contribution in [0.1, 0.15) is 24.2 Å². The number of hydrogen-bond donors (Lipinski definition) is 3. The summed E-state index contributed by atoms with van der Waals surface area (Å²) in [5.74, 6) is 0.0531. The lowest BCUT2D eigenvalue weighted by Crippen LogP contribution is -2.48. The lowest BCUT2D eigenvalue weighted by Gasteiger charge is -2.27. The predicted molar refractivity (Wildman–Crippen MR) is 83.6 cm³/mol. The minimum absolute atomic E-state index is 0.0933. The van der Waals surface area contributed by atoms with Gasteiger partial charge in [-0.1, -0.05) is 25.4 Å². The van der Waals surface area contributed by atoms with Crippen LogP contribution in [-0.4, -0.2) is 31.4 Å². The van der Waals surface area contributed by atoms with Gasteiger partial charge in [0.15, 0.2) is 0 Å². The summed E-state index contributed by atoms with van der Waals surface area (Å²) in [6, 6.07) is 4.92. The van der Waals surface area contributed by atoms with E-state index in [0.29, 0.717) is 28.7 Å². The molecule has 1 aliphatic rings. The van der Waals surface area contributed by atoms with Crippen LogP contribution in [0.15, 0.2) is 18.2 Å². The van der Waals surface area contributed by atoms with Gasteiger partial charge in [-0.2, -0.15) is 0 Å². The first-order chi connectivity index (χ1) is 9.97. The van der Waals surface area contributed by atoms with Crippen molar-refractivity contribution in [1.29, 1.82) is 0 Å². The molecule has 3 N–H and O–H groups in total. The van der Waals surface area contributed by atoms with Gasteiger partial charge in [-0.15, -0.1) is 0 Å². The second-order valence-electron chi connectivity index (χ2n) is 5.57. The van der Waals surface area contributed by atoms with Crippen molar-refractivity contribution in [2.45, 2.75) is 13.8 Å². The fourth-order valence-electron chi connectivity index (χ4n) is 1.89. The van der Waals surface area contributed by atoms with Crippen molar-refractivity contribution in [2.75, 3.05) is 25.0 Å². The van der Waals surface area contributed by atoms with E-state index in [1.165, 1.54) is 0 Å². The highest BCUT2D eigenvalue weighted by Crippen LogP contribution is 2.21. The van der Waals surface area contributed by atoms with Crippen LogP contribution < -0.4 is 16.0 Å². The molecule has 1 aromatic carbocycles. The average Bonchev–Trinajstić information content (AvgIpc) is 2.38. The number of carbonyl (C=O) groups excluding carboxylic acids is 2. The molecule has 0 radical (unpaired) electrons. The summed E-state index contributed by atoms with van der Waals surface area (Å²) in [6.07, 6.45) is 0. The van der Waals surface area contributed by atoms with Crippen molar-refractivity contribution in [3.63, 3.8) is 0 Å². The normalized spacial score (nSPS) is 14.7. The quantitative estimate of drug-likeness (QED) is 0.778. The zero-order valence-corrected chi connectivity index (χ0v) is 13.0. The lowest BCUT2D eigenvalue weighted by molar-refractivity contribution is -0.118. The molecular formula is C15H20ClN3O2. The van der Waals surface area contributed by atoms with Crippen LogP contribution in [0.2, 0.25) is 5.02 Å². The van der Waals surface area contributed by atoms with Crippen LogP contribution in [0, 0.1) is 11.8 Å². The number of nitrogens with one attached hydrogen (secondary N) is 3. The van der Waals surface area contributed by atoms with Crippen LogP contribution in [0.4, 0.5) is 5.69 Å². The Morgan fingerprint density at radius 2 is 2.10 bits per heavy atom. The first-order valence-corrected chi connectivity index (χ1v) is 7.44. The van der Waals surface area contributed by atoms with Crippen molar-refractivity contribution in [1.82, 2.24) is 10.6 Å². The van der Waals surface area contributed by atoms with Gasteiger partial charge in [0.25, 0.3) is 5.91 Å². The number of rotatable bonds is 5. The summed E-state index contributed by atoms with van der Waals surface area (Å²) in [5.41, 5.74) is 0.957. The average molecular weight is 310 g/mol. The molecule has 114 valence electrons. The van der Waals surface area contributed by atoms with E-state index in [2.05, 4.69) is 16.0 Å². The molecule has 5 nitrogen and oxygen atoms in total. The maximum absolute atomic E-state index is 12.2. The summed E-state index contributed by atoms with van der Waals surface area (Å²) >= 11 is 6.07. The molecule has 0 saturated carbocycles. The van der Waals surface area contributed by atoms with Crippen LogP contribution >= 0.6 is 11.6 Å². The highest BCUT2D eigenvalue weighted by Gasteiger charge is 2.19. The van der Waals surface area contributed by atoms with Gasteiger partial charge < -0.3 is 16.0 Å². The highest BCUT2D eigenvalue weighted by atomic mass is 35.5. The number of amides is 2. The number of carbonyl (C=O) groups is 2. The third kappa shape index (κ3) is 4.19. The van der Waals surface area contributed by atoms with Gasteiger partial charge in [0.05, 0.1) is 10.6 Å². The number of hydrogen-bond acceptors (Lipinski definition) is 3. The SMILES string of the molecule is CC(C)C(=O)Nc1ccc(Cl)c(C(=O)NCC2CNC2)c1. The predicted octanol–water partition coefficient (Wildman–Crippen LogP) is 1.88. The first-order valence-electron chi connectivity index (χ1n) is 7.06. The number of anilines is 1. The highest BCUT2D eigenvalue weighted by molar-refractivity contribution is 6.34. The maximum atomic E-state index is 12.2. The summed E-state index contributed by atoms with van der Waals surface area (Å²) in [7, 11) is 0. The molecule has 21 heavy (non-hydrogen) atoms. The molecule has 2 amide bonds. The number of halogens is 1. The molecule has 1 aromatic rings. The molecule has 1 aliphatic heterocycles. The minimum Gasteiger partial charge on any atom is -0.352 e. The Morgan fingerprint density at radius 1 is 1.38 bits per heavy atom. The van der Waals surface area contributed by atoms with E-state index in [9.17, 15) is 9.59 Å². The third-order valence-corrected chi connectivity index (χ3v) is 3.75. The van der Waals surface area contributed by atoms with Crippen LogP contribution in [0.25, 0.3) is 0 Å². The summed E-state index contributed by atoms with van der Waals surface area (Å²) in [4.78, 5) is 23.8. The van der Waals surface area contributed by atoms with E-state index >= 15 is 0 Å². The van der Waals surface area contributed by atoms with Crippen molar-refractivity contribution in [3.8, 4) is 0 Å². The van der Waals surface area contributed by atoms with E-state index in [1.807, 2.05) is 13.8 Å². The molecule has 1 fully saturated rings. The number of benzene rings is 1. The molecule has 0 aromatic heterocycles. The van der Waals surface area contributed by atoms with Gasteiger partial charge in [0, 0.05) is 37.2 Å². The topological polar surface area (TPSA) is 70.2 Å². The summed E-state index contributed by atoms with van der Waals surface area (Å²) in [5, 5.41) is 9.16. The van der Waals surface area contributed by atoms with Crippen molar-refractivity contribution >= 4 is 29.1 Å². The van der Waals surface area contributed by atoms with Gasteiger partial charge in [-0.3, -0.25) is 9.59 Å².